The largest absolute Gasteiger partial charge is 0.349 e. The molecule has 0 aliphatic heterocycles. The number of aryl methyl sites for hydroxylation is 1. The van der Waals surface area contributed by atoms with E-state index >= 15 is 0 Å². The highest BCUT2D eigenvalue weighted by atomic mass is 16.1. The molecule has 0 spiro atoms. The summed E-state index contributed by atoms with van der Waals surface area (Å²) in [5, 5.41) is 9.84. The zero-order valence-electron chi connectivity index (χ0n) is 10.6. The monoisotopic (exact) mass is 235 g/mol. The van der Waals surface area contributed by atoms with E-state index < -0.39 is 0 Å². The molecule has 2 atom stereocenters. The standard InChI is InChI=1S/C13H21N3O/c1-9-6-4-3-5-7-12(9)15-13(17)11-8-14-16-10(11)2/h8-9,12H,3-7H2,1-2H3,(H,14,16)(H,15,17). The average Bonchev–Trinajstić information content (AvgIpc) is 2.63. The Kier molecular flexibility index (Phi) is 3.82. The number of hydrogen-bond donors (Lipinski definition) is 2. The fourth-order valence-corrected chi connectivity index (χ4v) is 2.53. The lowest BCUT2D eigenvalue weighted by molar-refractivity contribution is 0.0921. The molecule has 4 heteroatoms. The number of rotatable bonds is 2. The molecule has 1 aromatic heterocycles. The predicted molar refractivity (Wildman–Crippen MR) is 66.8 cm³/mol. The number of carbonyl (C=O) groups is 1. The predicted octanol–water partition coefficient (Wildman–Crippen LogP) is 2.42. The Morgan fingerprint density at radius 3 is 2.88 bits per heavy atom. The van der Waals surface area contributed by atoms with Crippen LogP contribution in [0.15, 0.2) is 6.20 Å². The molecule has 1 heterocycles. The first kappa shape index (κ1) is 12.1. The topological polar surface area (TPSA) is 57.8 Å². The summed E-state index contributed by atoms with van der Waals surface area (Å²) in [7, 11) is 0. The number of amides is 1. The summed E-state index contributed by atoms with van der Waals surface area (Å²) in [5.41, 5.74) is 1.50. The molecule has 1 fully saturated rings. The maximum atomic E-state index is 12.1. The van der Waals surface area contributed by atoms with E-state index in [9.17, 15) is 4.79 Å². The SMILES string of the molecule is Cc1[nH]ncc1C(=O)NC1CCCCCC1C. The van der Waals surface area contributed by atoms with Crippen molar-refractivity contribution in [2.24, 2.45) is 5.92 Å². The van der Waals surface area contributed by atoms with Gasteiger partial charge in [0.1, 0.15) is 0 Å². The number of nitrogens with one attached hydrogen (secondary N) is 2. The van der Waals surface area contributed by atoms with Gasteiger partial charge in [-0.05, 0) is 25.7 Å². The molecule has 0 aromatic carbocycles. The number of nitrogens with zero attached hydrogens (tertiary/aromatic N) is 1. The van der Waals surface area contributed by atoms with E-state index in [2.05, 4.69) is 22.4 Å². The summed E-state index contributed by atoms with van der Waals surface area (Å²) < 4.78 is 0. The minimum atomic E-state index is 0.00926. The Morgan fingerprint density at radius 1 is 1.41 bits per heavy atom. The van der Waals surface area contributed by atoms with Crippen molar-refractivity contribution in [3.8, 4) is 0 Å². The van der Waals surface area contributed by atoms with Gasteiger partial charge in [0.2, 0.25) is 0 Å². The van der Waals surface area contributed by atoms with Crippen molar-refractivity contribution in [2.45, 2.75) is 52.0 Å². The smallest absolute Gasteiger partial charge is 0.254 e. The van der Waals surface area contributed by atoms with Gasteiger partial charge in [-0.25, -0.2) is 0 Å². The molecule has 1 saturated carbocycles. The second-order valence-corrected chi connectivity index (χ2v) is 5.10. The highest BCUT2D eigenvalue weighted by molar-refractivity contribution is 5.95. The third-order valence-corrected chi connectivity index (χ3v) is 3.75. The van der Waals surface area contributed by atoms with Crippen LogP contribution in [0.1, 0.15) is 55.1 Å². The van der Waals surface area contributed by atoms with E-state index in [1.54, 1.807) is 6.20 Å². The average molecular weight is 235 g/mol. The summed E-state index contributed by atoms with van der Waals surface area (Å²) in [6.45, 7) is 4.11. The fraction of sp³-hybridized carbons (Fsp3) is 0.692. The molecule has 0 radical (unpaired) electrons. The molecule has 4 nitrogen and oxygen atoms in total. The lowest BCUT2D eigenvalue weighted by Gasteiger charge is -2.22. The molecule has 94 valence electrons. The van der Waals surface area contributed by atoms with Crippen LogP contribution in [0.3, 0.4) is 0 Å². The second-order valence-electron chi connectivity index (χ2n) is 5.10. The van der Waals surface area contributed by atoms with Crippen molar-refractivity contribution in [1.29, 1.82) is 0 Å². The summed E-state index contributed by atoms with van der Waals surface area (Å²) in [5.74, 6) is 0.587. The van der Waals surface area contributed by atoms with Crippen LogP contribution in [-0.2, 0) is 0 Å². The van der Waals surface area contributed by atoms with E-state index in [0.717, 1.165) is 12.1 Å². The van der Waals surface area contributed by atoms with E-state index in [1.165, 1.54) is 25.7 Å². The highest BCUT2D eigenvalue weighted by Crippen LogP contribution is 2.23. The fourth-order valence-electron chi connectivity index (χ4n) is 2.53. The maximum Gasteiger partial charge on any atom is 0.254 e. The van der Waals surface area contributed by atoms with E-state index in [4.69, 9.17) is 0 Å². The normalized spacial score (nSPS) is 25.3. The van der Waals surface area contributed by atoms with Crippen molar-refractivity contribution in [3.63, 3.8) is 0 Å². The second kappa shape index (κ2) is 5.34. The number of H-pyrrole nitrogens is 1. The number of aromatic nitrogens is 2. The van der Waals surface area contributed by atoms with Crippen LogP contribution >= 0.6 is 0 Å². The Hall–Kier alpha value is -1.32. The zero-order chi connectivity index (χ0) is 12.3. The highest BCUT2D eigenvalue weighted by Gasteiger charge is 2.22. The molecule has 0 bridgehead atoms. The summed E-state index contributed by atoms with van der Waals surface area (Å²) in [4.78, 5) is 12.1. The van der Waals surface area contributed by atoms with Gasteiger partial charge in [-0.3, -0.25) is 9.89 Å². The quantitative estimate of drug-likeness (QED) is 0.773. The molecule has 1 amide bonds. The van der Waals surface area contributed by atoms with Gasteiger partial charge in [0.15, 0.2) is 0 Å². The van der Waals surface area contributed by atoms with E-state index in [-0.39, 0.29) is 5.91 Å². The van der Waals surface area contributed by atoms with Crippen molar-refractivity contribution >= 4 is 5.91 Å². The Labute approximate surface area is 102 Å². The Bertz CT molecular complexity index is 386. The van der Waals surface area contributed by atoms with Crippen LogP contribution in [0.25, 0.3) is 0 Å². The van der Waals surface area contributed by atoms with Gasteiger partial charge in [0.25, 0.3) is 5.91 Å². The van der Waals surface area contributed by atoms with Crippen LogP contribution in [0, 0.1) is 12.8 Å². The molecular formula is C13H21N3O. The number of aromatic amines is 1. The molecule has 1 aliphatic rings. The maximum absolute atomic E-state index is 12.1. The van der Waals surface area contributed by atoms with Crippen molar-refractivity contribution in [3.05, 3.63) is 17.5 Å². The minimum Gasteiger partial charge on any atom is -0.349 e. The van der Waals surface area contributed by atoms with Crippen LogP contribution in [0.4, 0.5) is 0 Å². The van der Waals surface area contributed by atoms with E-state index in [1.807, 2.05) is 6.92 Å². The molecule has 1 aromatic rings. The van der Waals surface area contributed by atoms with Gasteiger partial charge >= 0.3 is 0 Å². The van der Waals surface area contributed by atoms with Crippen molar-refractivity contribution < 1.29 is 4.79 Å². The first-order valence-electron chi connectivity index (χ1n) is 6.49. The molecule has 2 rings (SSSR count). The van der Waals surface area contributed by atoms with Crippen molar-refractivity contribution in [2.75, 3.05) is 0 Å². The Balaban J connectivity index is 2.00. The lowest BCUT2D eigenvalue weighted by atomic mass is 9.96. The van der Waals surface area contributed by atoms with Gasteiger partial charge in [0.05, 0.1) is 11.8 Å². The number of carbonyl (C=O) groups excluding carboxylic acids is 1. The van der Waals surface area contributed by atoms with Gasteiger partial charge in [0, 0.05) is 11.7 Å². The van der Waals surface area contributed by atoms with Gasteiger partial charge < -0.3 is 5.32 Å². The lowest BCUT2D eigenvalue weighted by Crippen LogP contribution is -2.38. The molecule has 2 N–H and O–H groups in total. The molecule has 17 heavy (non-hydrogen) atoms. The molecule has 1 aliphatic carbocycles. The van der Waals surface area contributed by atoms with Gasteiger partial charge in [-0.1, -0.05) is 26.2 Å². The van der Waals surface area contributed by atoms with Crippen LogP contribution in [-0.4, -0.2) is 22.1 Å². The number of hydrogen-bond acceptors (Lipinski definition) is 2. The van der Waals surface area contributed by atoms with Crippen LogP contribution < -0.4 is 5.32 Å². The third kappa shape index (κ3) is 2.87. The molecule has 2 unspecified atom stereocenters. The minimum absolute atomic E-state index is 0.00926. The van der Waals surface area contributed by atoms with Gasteiger partial charge in [-0.15, -0.1) is 0 Å². The molecular weight excluding hydrogens is 214 g/mol. The Morgan fingerprint density at radius 2 is 2.18 bits per heavy atom. The van der Waals surface area contributed by atoms with E-state index in [0.29, 0.717) is 17.5 Å². The van der Waals surface area contributed by atoms with Crippen LogP contribution in [0.2, 0.25) is 0 Å². The van der Waals surface area contributed by atoms with Crippen LogP contribution in [0.5, 0.6) is 0 Å². The summed E-state index contributed by atoms with van der Waals surface area (Å²) in [6.07, 6.45) is 7.73. The zero-order valence-corrected chi connectivity index (χ0v) is 10.6. The van der Waals surface area contributed by atoms with Crippen molar-refractivity contribution in [1.82, 2.24) is 15.5 Å². The first-order chi connectivity index (χ1) is 8.18. The third-order valence-electron chi connectivity index (χ3n) is 3.75. The molecule has 0 saturated heterocycles. The first-order valence-corrected chi connectivity index (χ1v) is 6.49. The van der Waals surface area contributed by atoms with Gasteiger partial charge in [-0.2, -0.15) is 5.10 Å². The summed E-state index contributed by atoms with van der Waals surface area (Å²) in [6, 6.07) is 0.319. The summed E-state index contributed by atoms with van der Waals surface area (Å²) >= 11 is 0.